The van der Waals surface area contributed by atoms with Gasteiger partial charge in [0.2, 0.25) is 0 Å². The second-order valence-electron chi connectivity index (χ2n) is 4.33. The van der Waals surface area contributed by atoms with Crippen LogP contribution in [-0.4, -0.2) is 52.7 Å². The number of urea groups is 1. The number of carbonyl (C=O) groups excluding carboxylic acids is 1. The second kappa shape index (κ2) is 2.87. The first-order valence-electron chi connectivity index (χ1n) is 4.85. The molecule has 2 rings (SSSR count). The van der Waals surface area contributed by atoms with Crippen LogP contribution in [0.4, 0.5) is 4.79 Å². The fraction of sp³-hybridized carbons (Fsp3) is 0.889. The van der Waals surface area contributed by atoms with E-state index in [9.17, 15) is 9.90 Å². The maximum Gasteiger partial charge on any atom is 0.320 e. The van der Waals surface area contributed by atoms with Gasteiger partial charge in [0.25, 0.3) is 0 Å². The van der Waals surface area contributed by atoms with Crippen LogP contribution in [0.25, 0.3) is 0 Å². The van der Waals surface area contributed by atoms with E-state index in [1.165, 1.54) is 0 Å². The van der Waals surface area contributed by atoms with Crippen LogP contribution < -0.4 is 0 Å². The number of carbonyl (C=O) groups is 1. The topological polar surface area (TPSA) is 43.8 Å². The van der Waals surface area contributed by atoms with Gasteiger partial charge in [-0.05, 0) is 19.8 Å². The van der Waals surface area contributed by atoms with E-state index in [-0.39, 0.29) is 6.03 Å². The van der Waals surface area contributed by atoms with Gasteiger partial charge in [0.05, 0.1) is 18.7 Å². The lowest BCUT2D eigenvalue weighted by Gasteiger charge is -2.45. The summed E-state index contributed by atoms with van der Waals surface area (Å²) in [5.41, 5.74) is -0.643. The molecule has 0 saturated carbocycles. The zero-order valence-corrected chi connectivity index (χ0v) is 7.99. The Hall–Kier alpha value is -0.770. The first kappa shape index (κ1) is 8.81. The summed E-state index contributed by atoms with van der Waals surface area (Å²) in [5.74, 6) is 0. The predicted molar refractivity (Wildman–Crippen MR) is 48.4 cm³/mol. The summed E-state index contributed by atoms with van der Waals surface area (Å²) in [6, 6.07) is 0.101. The fourth-order valence-corrected chi connectivity index (χ4v) is 2.02. The number of hydrogen-bond donors (Lipinski definition) is 1. The Bertz CT molecular complexity index is 214. The third kappa shape index (κ3) is 1.63. The SMILES string of the molecule is CC1(O)CN(C(=O)N2CCCC2)C1. The van der Waals surface area contributed by atoms with Crippen molar-refractivity contribution >= 4 is 6.03 Å². The molecule has 2 aliphatic heterocycles. The number of amides is 2. The average Bonchev–Trinajstić information content (AvgIpc) is 2.50. The average molecular weight is 184 g/mol. The Morgan fingerprint density at radius 1 is 1.23 bits per heavy atom. The molecule has 2 heterocycles. The highest BCUT2D eigenvalue weighted by atomic mass is 16.3. The molecule has 1 N–H and O–H groups in total. The van der Waals surface area contributed by atoms with E-state index < -0.39 is 5.60 Å². The number of rotatable bonds is 0. The fourth-order valence-electron chi connectivity index (χ4n) is 2.02. The molecule has 0 aromatic heterocycles. The Kier molecular flexibility index (Phi) is 1.95. The summed E-state index contributed by atoms with van der Waals surface area (Å²) in [5, 5.41) is 9.46. The Balaban J connectivity index is 1.85. The molecule has 2 amide bonds. The normalized spacial score (nSPS) is 26.0. The van der Waals surface area contributed by atoms with Gasteiger partial charge in [-0.2, -0.15) is 0 Å². The van der Waals surface area contributed by atoms with Gasteiger partial charge in [-0.1, -0.05) is 0 Å². The van der Waals surface area contributed by atoms with Gasteiger partial charge >= 0.3 is 6.03 Å². The molecule has 0 bridgehead atoms. The Morgan fingerprint density at radius 2 is 1.77 bits per heavy atom. The summed E-state index contributed by atoms with van der Waals surface area (Å²) < 4.78 is 0. The minimum Gasteiger partial charge on any atom is -0.386 e. The standard InChI is InChI=1S/C9H16N2O2/c1-9(13)6-11(7-9)8(12)10-4-2-3-5-10/h13H,2-7H2,1H3. The van der Waals surface area contributed by atoms with Gasteiger partial charge in [0, 0.05) is 13.1 Å². The van der Waals surface area contributed by atoms with Crippen LogP contribution in [0.15, 0.2) is 0 Å². The van der Waals surface area contributed by atoms with Gasteiger partial charge in [-0.25, -0.2) is 4.79 Å². The van der Waals surface area contributed by atoms with Crippen LogP contribution in [0.1, 0.15) is 19.8 Å². The molecular weight excluding hydrogens is 168 g/mol. The summed E-state index contributed by atoms with van der Waals surface area (Å²) in [6.45, 7) is 4.51. The monoisotopic (exact) mass is 184 g/mol. The van der Waals surface area contributed by atoms with Crippen LogP contribution in [0.5, 0.6) is 0 Å². The van der Waals surface area contributed by atoms with Crippen LogP contribution >= 0.6 is 0 Å². The molecule has 0 aromatic carbocycles. The van der Waals surface area contributed by atoms with E-state index in [0.29, 0.717) is 13.1 Å². The summed E-state index contributed by atoms with van der Waals surface area (Å²) in [4.78, 5) is 15.2. The number of β-amino-alcohol motifs (C(OH)–C–C–N with tert-alkyl or cyclic N) is 1. The van der Waals surface area contributed by atoms with Crippen LogP contribution in [-0.2, 0) is 0 Å². The van der Waals surface area contributed by atoms with E-state index in [4.69, 9.17) is 0 Å². The van der Waals surface area contributed by atoms with Crippen molar-refractivity contribution < 1.29 is 9.90 Å². The van der Waals surface area contributed by atoms with Crippen molar-refractivity contribution in [2.75, 3.05) is 26.2 Å². The minimum atomic E-state index is -0.643. The number of nitrogens with zero attached hydrogens (tertiary/aromatic N) is 2. The van der Waals surface area contributed by atoms with Crippen molar-refractivity contribution in [1.82, 2.24) is 9.80 Å². The van der Waals surface area contributed by atoms with Gasteiger partial charge < -0.3 is 14.9 Å². The maximum atomic E-state index is 11.7. The van der Waals surface area contributed by atoms with E-state index in [0.717, 1.165) is 25.9 Å². The summed E-state index contributed by atoms with van der Waals surface area (Å²) >= 11 is 0. The van der Waals surface area contributed by atoms with Crippen molar-refractivity contribution in [3.63, 3.8) is 0 Å². The molecule has 0 aromatic rings. The van der Waals surface area contributed by atoms with Crippen molar-refractivity contribution in [2.24, 2.45) is 0 Å². The number of aliphatic hydroxyl groups is 1. The lowest BCUT2D eigenvalue weighted by molar-refractivity contribution is -0.0657. The van der Waals surface area contributed by atoms with Gasteiger partial charge in [0.15, 0.2) is 0 Å². The molecule has 0 atom stereocenters. The maximum absolute atomic E-state index is 11.7. The molecule has 2 aliphatic rings. The van der Waals surface area contributed by atoms with Gasteiger partial charge in [-0.3, -0.25) is 0 Å². The number of likely N-dealkylation sites (tertiary alicyclic amines) is 2. The Morgan fingerprint density at radius 3 is 2.23 bits per heavy atom. The smallest absolute Gasteiger partial charge is 0.320 e. The van der Waals surface area contributed by atoms with Crippen molar-refractivity contribution in [1.29, 1.82) is 0 Å². The van der Waals surface area contributed by atoms with Crippen molar-refractivity contribution in [3.05, 3.63) is 0 Å². The van der Waals surface area contributed by atoms with E-state index >= 15 is 0 Å². The molecule has 2 saturated heterocycles. The molecule has 13 heavy (non-hydrogen) atoms. The molecule has 2 fully saturated rings. The molecule has 4 heteroatoms. The lowest BCUT2D eigenvalue weighted by atomic mass is 9.98. The highest BCUT2D eigenvalue weighted by molar-refractivity contribution is 5.76. The minimum absolute atomic E-state index is 0.101. The van der Waals surface area contributed by atoms with Gasteiger partial charge in [0.1, 0.15) is 0 Å². The largest absolute Gasteiger partial charge is 0.386 e. The van der Waals surface area contributed by atoms with Crippen molar-refractivity contribution in [2.45, 2.75) is 25.4 Å². The molecule has 74 valence electrons. The summed E-state index contributed by atoms with van der Waals surface area (Å²) in [7, 11) is 0. The Labute approximate surface area is 78.1 Å². The second-order valence-corrected chi connectivity index (χ2v) is 4.33. The van der Waals surface area contributed by atoms with Crippen LogP contribution in [0.3, 0.4) is 0 Å². The molecule has 0 unspecified atom stereocenters. The summed E-state index contributed by atoms with van der Waals surface area (Å²) in [6.07, 6.45) is 2.24. The molecule has 4 nitrogen and oxygen atoms in total. The first-order chi connectivity index (χ1) is 6.08. The zero-order valence-electron chi connectivity index (χ0n) is 7.99. The predicted octanol–water partition coefficient (Wildman–Crippen LogP) is 0.269. The lowest BCUT2D eigenvalue weighted by Crippen LogP contribution is -2.63. The van der Waals surface area contributed by atoms with E-state index in [1.807, 2.05) is 4.90 Å². The highest BCUT2D eigenvalue weighted by Gasteiger charge is 2.41. The molecular formula is C9H16N2O2. The third-order valence-corrected chi connectivity index (χ3v) is 2.71. The highest BCUT2D eigenvalue weighted by Crippen LogP contribution is 2.22. The number of hydrogen-bond acceptors (Lipinski definition) is 2. The molecule has 0 aliphatic carbocycles. The molecule has 0 spiro atoms. The van der Waals surface area contributed by atoms with Gasteiger partial charge in [-0.15, -0.1) is 0 Å². The quantitative estimate of drug-likeness (QED) is 0.587. The van der Waals surface area contributed by atoms with Crippen molar-refractivity contribution in [3.8, 4) is 0 Å². The zero-order chi connectivity index (χ0) is 9.47. The van der Waals surface area contributed by atoms with E-state index in [1.54, 1.807) is 11.8 Å². The molecule has 0 radical (unpaired) electrons. The van der Waals surface area contributed by atoms with E-state index in [2.05, 4.69) is 0 Å². The van der Waals surface area contributed by atoms with Crippen LogP contribution in [0.2, 0.25) is 0 Å². The first-order valence-corrected chi connectivity index (χ1v) is 4.85. The van der Waals surface area contributed by atoms with Crippen LogP contribution in [0, 0.1) is 0 Å². The third-order valence-electron chi connectivity index (χ3n) is 2.71.